The number of rotatable bonds is 7. The van der Waals surface area contributed by atoms with E-state index in [9.17, 15) is 4.79 Å². The van der Waals surface area contributed by atoms with Crippen molar-refractivity contribution in [2.75, 3.05) is 32.0 Å². The molecule has 1 saturated heterocycles. The molecule has 0 spiro atoms. The summed E-state index contributed by atoms with van der Waals surface area (Å²) < 4.78 is 0. The number of amides is 1. The Kier molecular flexibility index (Phi) is 6.09. The number of piperidine rings is 1. The van der Waals surface area contributed by atoms with Crippen LogP contribution in [0.25, 0.3) is 11.4 Å². The van der Waals surface area contributed by atoms with Crippen LogP contribution in [0.2, 0.25) is 0 Å². The second-order valence-corrected chi connectivity index (χ2v) is 9.26. The topological polar surface area (TPSA) is 98.8 Å². The fourth-order valence-corrected chi connectivity index (χ4v) is 4.75. The van der Waals surface area contributed by atoms with Gasteiger partial charge in [-0.3, -0.25) is 14.9 Å². The first kappa shape index (κ1) is 21.6. The molecule has 1 aliphatic heterocycles. The highest BCUT2D eigenvalue weighted by Gasteiger charge is 2.37. The van der Waals surface area contributed by atoms with E-state index in [1.165, 1.54) is 19.3 Å². The molecule has 172 valence electrons. The zero-order valence-corrected chi connectivity index (χ0v) is 19.1. The SMILES string of the molecule is CN(CC1CCC1)C(=O)c1cccc(NC2(c3nc(-c4ccncc4)n[nH]3)CCNCC2)c1. The molecule has 2 aromatic heterocycles. The summed E-state index contributed by atoms with van der Waals surface area (Å²) in [5.74, 6) is 2.20. The minimum Gasteiger partial charge on any atom is -0.373 e. The van der Waals surface area contributed by atoms with Gasteiger partial charge in [0.1, 0.15) is 0 Å². The van der Waals surface area contributed by atoms with Gasteiger partial charge >= 0.3 is 0 Å². The zero-order chi connectivity index (χ0) is 22.7. The summed E-state index contributed by atoms with van der Waals surface area (Å²) in [6, 6.07) is 11.6. The predicted octanol–water partition coefficient (Wildman–Crippen LogP) is 3.43. The van der Waals surface area contributed by atoms with Gasteiger partial charge in [-0.1, -0.05) is 12.5 Å². The Morgan fingerprint density at radius 3 is 2.70 bits per heavy atom. The zero-order valence-electron chi connectivity index (χ0n) is 19.1. The molecule has 2 fully saturated rings. The van der Waals surface area contributed by atoms with Crippen LogP contribution in [-0.4, -0.2) is 57.7 Å². The summed E-state index contributed by atoms with van der Waals surface area (Å²) in [5, 5.41) is 14.8. The van der Waals surface area contributed by atoms with E-state index in [-0.39, 0.29) is 11.4 Å². The molecular formula is C25H31N7O. The van der Waals surface area contributed by atoms with Gasteiger partial charge in [0.25, 0.3) is 5.91 Å². The Morgan fingerprint density at radius 2 is 1.97 bits per heavy atom. The average Bonchev–Trinajstić information content (AvgIpc) is 3.33. The van der Waals surface area contributed by atoms with Gasteiger partial charge in [-0.2, -0.15) is 5.10 Å². The van der Waals surface area contributed by atoms with Gasteiger partial charge < -0.3 is 15.5 Å². The largest absolute Gasteiger partial charge is 0.373 e. The van der Waals surface area contributed by atoms with E-state index in [2.05, 4.69) is 25.8 Å². The van der Waals surface area contributed by atoms with E-state index in [0.717, 1.165) is 49.6 Å². The maximum Gasteiger partial charge on any atom is 0.253 e. The molecule has 0 unspecified atom stereocenters. The van der Waals surface area contributed by atoms with Crippen LogP contribution in [0.4, 0.5) is 5.69 Å². The normalized spacial score (nSPS) is 17.8. The molecule has 1 amide bonds. The lowest BCUT2D eigenvalue weighted by Gasteiger charge is -2.37. The van der Waals surface area contributed by atoms with Crippen LogP contribution in [0.5, 0.6) is 0 Å². The number of carbonyl (C=O) groups is 1. The Hall–Kier alpha value is -3.26. The summed E-state index contributed by atoms with van der Waals surface area (Å²) in [6.45, 7) is 2.59. The van der Waals surface area contributed by atoms with Gasteiger partial charge in [0.05, 0.1) is 5.54 Å². The molecule has 1 aromatic carbocycles. The lowest BCUT2D eigenvalue weighted by Crippen LogP contribution is -2.46. The van der Waals surface area contributed by atoms with Gasteiger partial charge in [0, 0.05) is 42.8 Å². The van der Waals surface area contributed by atoms with Crippen molar-refractivity contribution >= 4 is 11.6 Å². The highest BCUT2D eigenvalue weighted by molar-refractivity contribution is 5.95. The summed E-state index contributed by atoms with van der Waals surface area (Å²) in [6.07, 6.45) is 8.95. The number of hydrogen-bond donors (Lipinski definition) is 3. The fourth-order valence-electron chi connectivity index (χ4n) is 4.75. The van der Waals surface area contributed by atoms with Crippen LogP contribution in [0.15, 0.2) is 48.8 Å². The van der Waals surface area contributed by atoms with E-state index in [0.29, 0.717) is 17.3 Å². The molecule has 5 rings (SSSR count). The molecule has 33 heavy (non-hydrogen) atoms. The third-order valence-corrected chi connectivity index (χ3v) is 6.93. The number of anilines is 1. The molecule has 0 atom stereocenters. The van der Waals surface area contributed by atoms with Crippen molar-refractivity contribution in [2.24, 2.45) is 5.92 Å². The first-order chi connectivity index (χ1) is 16.1. The Morgan fingerprint density at radius 1 is 1.18 bits per heavy atom. The van der Waals surface area contributed by atoms with Crippen molar-refractivity contribution in [3.63, 3.8) is 0 Å². The third kappa shape index (κ3) is 4.61. The minimum atomic E-state index is -0.386. The smallest absolute Gasteiger partial charge is 0.253 e. The molecule has 8 nitrogen and oxygen atoms in total. The summed E-state index contributed by atoms with van der Waals surface area (Å²) in [5.41, 5.74) is 2.17. The highest BCUT2D eigenvalue weighted by atomic mass is 16.2. The van der Waals surface area contributed by atoms with Crippen LogP contribution in [0.3, 0.4) is 0 Å². The molecule has 0 bridgehead atoms. The van der Waals surface area contributed by atoms with E-state index >= 15 is 0 Å². The first-order valence-corrected chi connectivity index (χ1v) is 11.8. The van der Waals surface area contributed by atoms with Crippen molar-refractivity contribution in [3.05, 3.63) is 60.2 Å². The molecule has 3 heterocycles. The van der Waals surface area contributed by atoms with Crippen LogP contribution in [0.1, 0.15) is 48.3 Å². The van der Waals surface area contributed by atoms with E-state index < -0.39 is 0 Å². The van der Waals surface area contributed by atoms with Gasteiger partial charge in [-0.25, -0.2) is 4.98 Å². The van der Waals surface area contributed by atoms with Crippen LogP contribution in [-0.2, 0) is 5.54 Å². The number of aromatic nitrogens is 4. The average molecular weight is 446 g/mol. The lowest BCUT2D eigenvalue weighted by molar-refractivity contribution is 0.0745. The van der Waals surface area contributed by atoms with E-state index in [1.807, 2.05) is 48.3 Å². The molecule has 3 aromatic rings. The number of aromatic amines is 1. The molecule has 1 aliphatic carbocycles. The molecule has 3 N–H and O–H groups in total. The van der Waals surface area contributed by atoms with Crippen LogP contribution >= 0.6 is 0 Å². The third-order valence-electron chi connectivity index (χ3n) is 6.93. The number of H-pyrrole nitrogens is 1. The van der Waals surface area contributed by atoms with Crippen molar-refractivity contribution in [1.82, 2.24) is 30.4 Å². The Balaban J connectivity index is 1.38. The number of pyridine rings is 1. The Labute approximate surface area is 194 Å². The molecule has 0 radical (unpaired) electrons. The highest BCUT2D eigenvalue weighted by Crippen LogP contribution is 2.34. The second kappa shape index (κ2) is 9.31. The number of benzene rings is 1. The van der Waals surface area contributed by atoms with Crippen molar-refractivity contribution < 1.29 is 4.79 Å². The molecule has 2 aliphatic rings. The number of carbonyl (C=O) groups excluding carboxylic acids is 1. The van der Waals surface area contributed by atoms with Crippen LogP contribution < -0.4 is 10.6 Å². The van der Waals surface area contributed by atoms with Crippen molar-refractivity contribution in [2.45, 2.75) is 37.6 Å². The van der Waals surface area contributed by atoms with Gasteiger partial charge in [-0.05, 0) is 75.0 Å². The number of hydrogen-bond acceptors (Lipinski definition) is 6. The maximum absolute atomic E-state index is 13.0. The molecule has 8 heteroatoms. The number of nitrogens with one attached hydrogen (secondary N) is 3. The van der Waals surface area contributed by atoms with E-state index in [1.54, 1.807) is 12.4 Å². The lowest BCUT2D eigenvalue weighted by atomic mass is 9.85. The van der Waals surface area contributed by atoms with Crippen molar-refractivity contribution in [1.29, 1.82) is 0 Å². The summed E-state index contributed by atoms with van der Waals surface area (Å²) in [7, 11) is 1.91. The van der Waals surface area contributed by atoms with Crippen LogP contribution in [0, 0.1) is 5.92 Å². The molecular weight excluding hydrogens is 414 g/mol. The second-order valence-electron chi connectivity index (χ2n) is 9.26. The monoisotopic (exact) mass is 445 g/mol. The van der Waals surface area contributed by atoms with Gasteiger partial charge in [-0.15, -0.1) is 0 Å². The van der Waals surface area contributed by atoms with Crippen molar-refractivity contribution in [3.8, 4) is 11.4 Å². The summed E-state index contributed by atoms with van der Waals surface area (Å²) in [4.78, 5) is 23.8. The predicted molar refractivity (Wildman–Crippen MR) is 128 cm³/mol. The van der Waals surface area contributed by atoms with Gasteiger partial charge in [0.2, 0.25) is 0 Å². The number of nitrogens with zero attached hydrogens (tertiary/aromatic N) is 4. The maximum atomic E-state index is 13.0. The quantitative estimate of drug-likeness (QED) is 0.515. The minimum absolute atomic E-state index is 0.0737. The summed E-state index contributed by atoms with van der Waals surface area (Å²) >= 11 is 0. The van der Waals surface area contributed by atoms with E-state index in [4.69, 9.17) is 4.98 Å². The van der Waals surface area contributed by atoms with Gasteiger partial charge in [0.15, 0.2) is 11.6 Å². The fraction of sp³-hybridized carbons (Fsp3) is 0.440. The molecule has 1 saturated carbocycles. The Bertz CT molecular complexity index is 1090. The first-order valence-electron chi connectivity index (χ1n) is 11.8. The standard InChI is InChI=1S/C25H31N7O/c1-32(17-18-4-2-5-18)23(33)20-6-3-7-21(16-20)29-25(10-14-27-15-11-25)24-28-22(30-31-24)19-8-12-26-13-9-19/h3,6-9,12-13,16,18,27,29H,2,4-5,10-11,14-15,17H2,1H3,(H,28,30,31).